The van der Waals surface area contributed by atoms with Gasteiger partial charge in [0.2, 0.25) is 0 Å². The summed E-state index contributed by atoms with van der Waals surface area (Å²) in [4.78, 5) is 0. The molecule has 0 radical (unpaired) electrons. The maximum absolute atomic E-state index is 4.19. The molecule has 0 bridgehead atoms. The zero-order chi connectivity index (χ0) is 11.0. The Morgan fingerprint density at radius 3 is 2.73 bits per heavy atom. The quantitative estimate of drug-likeness (QED) is 0.548. The summed E-state index contributed by atoms with van der Waals surface area (Å²) < 4.78 is 0. The van der Waals surface area contributed by atoms with Crippen molar-refractivity contribution < 1.29 is 0 Å². The summed E-state index contributed by atoms with van der Waals surface area (Å²) in [5.41, 5.74) is 3.01. The minimum Gasteiger partial charge on any atom is -0.0998 e. The predicted molar refractivity (Wildman–Crippen MR) is 66.7 cm³/mol. The maximum Gasteiger partial charge on any atom is -0.0134 e. The molecule has 1 fully saturated rings. The molecule has 0 saturated heterocycles. The third-order valence-electron chi connectivity index (χ3n) is 4.60. The van der Waals surface area contributed by atoms with Gasteiger partial charge in [0.15, 0.2) is 0 Å². The van der Waals surface area contributed by atoms with E-state index < -0.39 is 0 Å². The maximum atomic E-state index is 4.19. The van der Waals surface area contributed by atoms with Gasteiger partial charge in [-0.3, -0.25) is 0 Å². The lowest BCUT2D eigenvalue weighted by Crippen LogP contribution is -2.34. The molecule has 0 heteroatoms. The van der Waals surface area contributed by atoms with Crippen molar-refractivity contribution in [3.8, 4) is 0 Å². The standard InChI is InChI=1S/C15H24/c1-10(2)13-8-6-12(4)14-7-5-11(3)9-15(13)14/h9,12-15H,1,5-8H2,2-4H3/t12-,13?,14+,15-/m1/s1. The third-order valence-corrected chi connectivity index (χ3v) is 4.60. The first-order valence-corrected chi connectivity index (χ1v) is 6.42. The molecule has 0 aromatic carbocycles. The highest BCUT2D eigenvalue weighted by molar-refractivity contribution is 5.15. The summed E-state index contributed by atoms with van der Waals surface area (Å²) in [6.45, 7) is 11.2. The molecule has 0 N–H and O–H groups in total. The van der Waals surface area contributed by atoms with Crippen LogP contribution in [0.2, 0.25) is 0 Å². The van der Waals surface area contributed by atoms with Gasteiger partial charge in [-0.2, -0.15) is 0 Å². The van der Waals surface area contributed by atoms with E-state index in [1.165, 1.54) is 31.3 Å². The van der Waals surface area contributed by atoms with Crippen LogP contribution >= 0.6 is 0 Å². The van der Waals surface area contributed by atoms with Gasteiger partial charge in [-0.1, -0.05) is 30.7 Å². The monoisotopic (exact) mass is 204 g/mol. The summed E-state index contributed by atoms with van der Waals surface area (Å²) in [6, 6.07) is 0. The lowest BCUT2D eigenvalue weighted by molar-refractivity contribution is 0.135. The fourth-order valence-corrected chi connectivity index (χ4v) is 3.62. The lowest BCUT2D eigenvalue weighted by atomic mass is 9.61. The van der Waals surface area contributed by atoms with Gasteiger partial charge in [0, 0.05) is 0 Å². The molecule has 4 atom stereocenters. The average Bonchev–Trinajstić information content (AvgIpc) is 2.17. The van der Waals surface area contributed by atoms with E-state index in [-0.39, 0.29) is 0 Å². The van der Waals surface area contributed by atoms with Crippen molar-refractivity contribution >= 4 is 0 Å². The Balaban J connectivity index is 2.24. The minimum absolute atomic E-state index is 0.765. The van der Waals surface area contributed by atoms with Crippen LogP contribution < -0.4 is 0 Å². The van der Waals surface area contributed by atoms with E-state index in [0.29, 0.717) is 0 Å². The fraction of sp³-hybridized carbons (Fsp3) is 0.733. The van der Waals surface area contributed by atoms with Crippen LogP contribution in [0, 0.1) is 23.7 Å². The highest BCUT2D eigenvalue weighted by Gasteiger charge is 2.37. The Labute approximate surface area is 94.5 Å². The van der Waals surface area contributed by atoms with Crippen LogP contribution in [0.15, 0.2) is 23.8 Å². The predicted octanol–water partition coefficient (Wildman–Crippen LogP) is 4.58. The van der Waals surface area contributed by atoms with Crippen LogP contribution in [0.4, 0.5) is 0 Å². The highest BCUT2D eigenvalue weighted by Crippen LogP contribution is 2.47. The second-order valence-corrected chi connectivity index (χ2v) is 5.80. The van der Waals surface area contributed by atoms with Gasteiger partial charge in [0.25, 0.3) is 0 Å². The molecule has 15 heavy (non-hydrogen) atoms. The van der Waals surface area contributed by atoms with Crippen LogP contribution in [0.5, 0.6) is 0 Å². The molecule has 2 aliphatic carbocycles. The average molecular weight is 204 g/mol. The van der Waals surface area contributed by atoms with Gasteiger partial charge in [-0.15, -0.1) is 0 Å². The first-order chi connectivity index (χ1) is 7.09. The largest absolute Gasteiger partial charge is 0.0998 e. The molecule has 0 heterocycles. The van der Waals surface area contributed by atoms with Crippen LogP contribution in [0.1, 0.15) is 46.5 Å². The van der Waals surface area contributed by atoms with Crippen molar-refractivity contribution in [2.24, 2.45) is 23.7 Å². The minimum atomic E-state index is 0.765. The van der Waals surface area contributed by atoms with Crippen molar-refractivity contribution in [3.05, 3.63) is 23.8 Å². The number of fused-ring (bicyclic) bond motifs is 1. The Morgan fingerprint density at radius 1 is 1.33 bits per heavy atom. The summed E-state index contributed by atoms with van der Waals surface area (Å²) in [5, 5.41) is 0. The zero-order valence-electron chi connectivity index (χ0n) is 10.4. The van der Waals surface area contributed by atoms with Gasteiger partial charge in [-0.05, 0) is 63.2 Å². The third kappa shape index (κ3) is 2.04. The zero-order valence-corrected chi connectivity index (χ0v) is 10.4. The van der Waals surface area contributed by atoms with E-state index in [9.17, 15) is 0 Å². The molecule has 1 saturated carbocycles. The van der Waals surface area contributed by atoms with Crippen LogP contribution in [-0.2, 0) is 0 Å². The van der Waals surface area contributed by atoms with E-state index in [0.717, 1.165) is 23.7 Å². The Morgan fingerprint density at radius 2 is 2.07 bits per heavy atom. The van der Waals surface area contributed by atoms with Crippen molar-refractivity contribution in [2.75, 3.05) is 0 Å². The second kappa shape index (κ2) is 4.15. The van der Waals surface area contributed by atoms with Crippen molar-refractivity contribution in [1.82, 2.24) is 0 Å². The molecule has 2 aliphatic rings. The number of rotatable bonds is 1. The molecule has 0 amide bonds. The Kier molecular flexibility index (Phi) is 3.04. The number of hydrogen-bond donors (Lipinski definition) is 0. The lowest BCUT2D eigenvalue weighted by Gasteiger charge is -2.44. The molecule has 0 aromatic heterocycles. The molecule has 0 aromatic rings. The van der Waals surface area contributed by atoms with E-state index in [1.807, 2.05) is 0 Å². The molecule has 84 valence electrons. The van der Waals surface area contributed by atoms with Crippen molar-refractivity contribution in [2.45, 2.75) is 46.5 Å². The SMILES string of the molecule is C=C(C)C1CC[C@@H](C)[C@@H]2CCC(C)=C[C@H]12. The first kappa shape index (κ1) is 11.0. The fourth-order valence-electron chi connectivity index (χ4n) is 3.62. The normalized spacial score (nSPS) is 40.6. The second-order valence-electron chi connectivity index (χ2n) is 5.80. The molecule has 0 aliphatic heterocycles. The molecule has 2 rings (SSSR count). The van der Waals surface area contributed by atoms with Gasteiger partial charge >= 0.3 is 0 Å². The highest BCUT2D eigenvalue weighted by atomic mass is 14.4. The van der Waals surface area contributed by atoms with Crippen LogP contribution in [0.3, 0.4) is 0 Å². The van der Waals surface area contributed by atoms with E-state index in [1.54, 1.807) is 5.57 Å². The molecule has 1 unspecified atom stereocenters. The molecular weight excluding hydrogens is 180 g/mol. The summed E-state index contributed by atoms with van der Waals surface area (Å²) in [6.07, 6.45) is 8.07. The van der Waals surface area contributed by atoms with Crippen molar-refractivity contribution in [1.29, 1.82) is 0 Å². The smallest absolute Gasteiger partial charge is 0.0134 e. The summed E-state index contributed by atoms with van der Waals surface area (Å²) >= 11 is 0. The summed E-state index contributed by atoms with van der Waals surface area (Å²) in [5.74, 6) is 3.43. The first-order valence-electron chi connectivity index (χ1n) is 6.42. The Hall–Kier alpha value is -0.520. The van der Waals surface area contributed by atoms with Gasteiger partial charge in [0.05, 0.1) is 0 Å². The van der Waals surface area contributed by atoms with E-state index in [2.05, 4.69) is 33.4 Å². The van der Waals surface area contributed by atoms with E-state index in [4.69, 9.17) is 0 Å². The number of allylic oxidation sites excluding steroid dienone is 3. The van der Waals surface area contributed by atoms with E-state index >= 15 is 0 Å². The topological polar surface area (TPSA) is 0 Å². The molecular formula is C15H24. The molecule has 0 nitrogen and oxygen atoms in total. The Bertz CT molecular complexity index is 284. The van der Waals surface area contributed by atoms with Crippen LogP contribution in [-0.4, -0.2) is 0 Å². The van der Waals surface area contributed by atoms with Gasteiger partial charge in [-0.25, -0.2) is 0 Å². The molecule has 0 spiro atoms. The number of hydrogen-bond acceptors (Lipinski definition) is 0. The van der Waals surface area contributed by atoms with Gasteiger partial charge < -0.3 is 0 Å². The van der Waals surface area contributed by atoms with Crippen molar-refractivity contribution in [3.63, 3.8) is 0 Å². The summed E-state index contributed by atoms with van der Waals surface area (Å²) in [7, 11) is 0. The van der Waals surface area contributed by atoms with Gasteiger partial charge in [0.1, 0.15) is 0 Å². The van der Waals surface area contributed by atoms with Crippen LogP contribution in [0.25, 0.3) is 0 Å².